The molecule has 150 valence electrons. The number of hydrogen-bond acceptors (Lipinski definition) is 5. The van der Waals surface area contributed by atoms with Gasteiger partial charge < -0.3 is 15.1 Å². The van der Waals surface area contributed by atoms with Gasteiger partial charge in [0.1, 0.15) is 6.26 Å². The molecule has 8 heteroatoms. The van der Waals surface area contributed by atoms with Gasteiger partial charge in [0.05, 0.1) is 17.5 Å². The van der Waals surface area contributed by atoms with Gasteiger partial charge in [0.25, 0.3) is 11.5 Å². The molecule has 0 saturated carbocycles. The summed E-state index contributed by atoms with van der Waals surface area (Å²) >= 11 is 5.91. The molecular formula is C22H17ClN4O3. The Kier molecular flexibility index (Phi) is 5.36. The SMILES string of the molecule is Cc1c(-c2cccc(NC(=O)c3ccoc3)c2)nc(Nc2ccc(Cl)cc2)[nH]c1=O. The number of H-pyrrole nitrogens is 1. The highest BCUT2D eigenvalue weighted by atomic mass is 35.5. The van der Waals surface area contributed by atoms with Crippen LogP contribution in [-0.2, 0) is 0 Å². The van der Waals surface area contributed by atoms with Gasteiger partial charge in [-0.15, -0.1) is 0 Å². The third-order valence-electron chi connectivity index (χ3n) is 4.44. The van der Waals surface area contributed by atoms with Crippen molar-refractivity contribution in [2.24, 2.45) is 0 Å². The summed E-state index contributed by atoms with van der Waals surface area (Å²) in [5.74, 6) is 0.0114. The van der Waals surface area contributed by atoms with E-state index in [0.29, 0.717) is 39.0 Å². The average Bonchev–Trinajstić information content (AvgIpc) is 3.27. The maximum atomic E-state index is 12.5. The highest BCUT2D eigenvalue weighted by molar-refractivity contribution is 6.30. The van der Waals surface area contributed by atoms with E-state index in [2.05, 4.69) is 20.6 Å². The normalized spacial score (nSPS) is 10.6. The third kappa shape index (κ3) is 4.26. The number of aromatic nitrogens is 2. The van der Waals surface area contributed by atoms with E-state index in [-0.39, 0.29) is 11.5 Å². The molecule has 2 aromatic carbocycles. The molecule has 2 heterocycles. The third-order valence-corrected chi connectivity index (χ3v) is 4.69. The molecule has 0 aliphatic rings. The number of rotatable bonds is 5. The molecule has 0 radical (unpaired) electrons. The maximum absolute atomic E-state index is 12.5. The monoisotopic (exact) mass is 420 g/mol. The lowest BCUT2D eigenvalue weighted by Gasteiger charge is -2.11. The number of amides is 1. The molecular weight excluding hydrogens is 404 g/mol. The quantitative estimate of drug-likeness (QED) is 0.422. The average molecular weight is 421 g/mol. The number of halogens is 1. The summed E-state index contributed by atoms with van der Waals surface area (Å²) in [5.41, 5.74) is 3.14. The van der Waals surface area contributed by atoms with Crippen LogP contribution in [0.4, 0.5) is 17.3 Å². The second kappa shape index (κ2) is 8.26. The first kappa shape index (κ1) is 19.5. The lowest BCUT2D eigenvalue weighted by molar-refractivity contribution is 0.102. The number of nitrogens with zero attached hydrogens (tertiary/aromatic N) is 1. The Hall–Kier alpha value is -3.84. The Bertz CT molecular complexity index is 1250. The molecule has 1 amide bonds. The van der Waals surface area contributed by atoms with Crippen molar-refractivity contribution in [1.29, 1.82) is 0 Å². The number of benzene rings is 2. The van der Waals surface area contributed by atoms with Crippen molar-refractivity contribution in [2.75, 3.05) is 10.6 Å². The fourth-order valence-corrected chi connectivity index (χ4v) is 3.01. The first-order valence-electron chi connectivity index (χ1n) is 9.07. The number of carbonyl (C=O) groups is 1. The number of hydrogen-bond donors (Lipinski definition) is 3. The van der Waals surface area contributed by atoms with Gasteiger partial charge >= 0.3 is 0 Å². The molecule has 0 unspecified atom stereocenters. The predicted octanol–water partition coefficient (Wildman–Crippen LogP) is 4.99. The van der Waals surface area contributed by atoms with Crippen LogP contribution in [0.1, 0.15) is 15.9 Å². The van der Waals surface area contributed by atoms with Gasteiger partial charge in [-0.3, -0.25) is 14.6 Å². The molecule has 7 nitrogen and oxygen atoms in total. The van der Waals surface area contributed by atoms with E-state index in [1.54, 1.807) is 55.5 Å². The van der Waals surface area contributed by atoms with E-state index >= 15 is 0 Å². The largest absolute Gasteiger partial charge is 0.472 e. The van der Waals surface area contributed by atoms with Crippen molar-refractivity contribution in [3.8, 4) is 11.3 Å². The molecule has 3 N–H and O–H groups in total. The fourth-order valence-electron chi connectivity index (χ4n) is 2.88. The van der Waals surface area contributed by atoms with Gasteiger partial charge in [0, 0.05) is 27.5 Å². The topological polar surface area (TPSA) is 100 Å². The summed E-state index contributed by atoms with van der Waals surface area (Å²) in [6.07, 6.45) is 2.81. The lowest BCUT2D eigenvalue weighted by atomic mass is 10.1. The van der Waals surface area contributed by atoms with E-state index < -0.39 is 0 Å². The first-order valence-corrected chi connectivity index (χ1v) is 9.45. The lowest BCUT2D eigenvalue weighted by Crippen LogP contribution is -2.15. The predicted molar refractivity (Wildman–Crippen MR) is 116 cm³/mol. The van der Waals surface area contributed by atoms with E-state index in [9.17, 15) is 9.59 Å². The zero-order valence-corrected chi connectivity index (χ0v) is 16.7. The Morgan fingerprint density at radius 2 is 1.90 bits per heavy atom. The van der Waals surface area contributed by atoms with Crippen LogP contribution in [0.25, 0.3) is 11.3 Å². The maximum Gasteiger partial charge on any atom is 0.258 e. The molecule has 0 fully saturated rings. The standard InChI is InChI=1S/C22H17ClN4O3/c1-13-19(26-22(27-20(13)28)25-17-7-5-16(23)6-8-17)14-3-2-4-18(11-14)24-21(29)15-9-10-30-12-15/h2-12H,1H3,(H,24,29)(H2,25,26,27,28). The second-order valence-electron chi connectivity index (χ2n) is 6.57. The molecule has 0 aliphatic carbocycles. The van der Waals surface area contributed by atoms with Gasteiger partial charge in [-0.05, 0) is 49.4 Å². The molecule has 0 atom stereocenters. The number of furan rings is 1. The molecule has 30 heavy (non-hydrogen) atoms. The summed E-state index contributed by atoms with van der Waals surface area (Å²) in [6.45, 7) is 1.70. The van der Waals surface area contributed by atoms with E-state index in [0.717, 1.165) is 5.69 Å². The van der Waals surface area contributed by atoms with Gasteiger partial charge in [-0.25, -0.2) is 4.98 Å². The van der Waals surface area contributed by atoms with Crippen LogP contribution in [0.5, 0.6) is 0 Å². The molecule has 4 aromatic rings. The first-order chi connectivity index (χ1) is 14.5. The van der Waals surface area contributed by atoms with Crippen molar-refractivity contribution >= 4 is 34.8 Å². The van der Waals surface area contributed by atoms with Crippen molar-refractivity contribution in [3.05, 3.63) is 93.6 Å². The van der Waals surface area contributed by atoms with Crippen molar-refractivity contribution in [1.82, 2.24) is 9.97 Å². The zero-order chi connectivity index (χ0) is 21.1. The molecule has 0 aliphatic heterocycles. The number of carbonyl (C=O) groups excluding carboxylic acids is 1. The van der Waals surface area contributed by atoms with Crippen LogP contribution < -0.4 is 16.2 Å². The fraction of sp³-hybridized carbons (Fsp3) is 0.0455. The van der Waals surface area contributed by atoms with Crippen LogP contribution in [0.15, 0.2) is 76.3 Å². The molecule has 2 aromatic heterocycles. The van der Waals surface area contributed by atoms with Crippen LogP contribution in [-0.4, -0.2) is 15.9 Å². The highest BCUT2D eigenvalue weighted by Crippen LogP contribution is 2.25. The number of nitrogens with one attached hydrogen (secondary N) is 3. The summed E-state index contributed by atoms with van der Waals surface area (Å²) in [7, 11) is 0. The van der Waals surface area contributed by atoms with Crippen LogP contribution in [0.3, 0.4) is 0 Å². The Morgan fingerprint density at radius 1 is 1.10 bits per heavy atom. The highest BCUT2D eigenvalue weighted by Gasteiger charge is 2.12. The number of anilines is 3. The van der Waals surface area contributed by atoms with Gasteiger partial charge in [-0.2, -0.15) is 0 Å². The summed E-state index contributed by atoms with van der Waals surface area (Å²) in [6, 6.07) is 15.8. The van der Waals surface area contributed by atoms with Crippen LogP contribution >= 0.6 is 11.6 Å². The van der Waals surface area contributed by atoms with Crippen molar-refractivity contribution < 1.29 is 9.21 Å². The van der Waals surface area contributed by atoms with E-state index in [1.165, 1.54) is 12.5 Å². The van der Waals surface area contributed by atoms with Gasteiger partial charge in [0.15, 0.2) is 0 Å². The summed E-state index contributed by atoms with van der Waals surface area (Å²) in [5, 5.41) is 6.49. The molecule has 0 bridgehead atoms. The zero-order valence-electron chi connectivity index (χ0n) is 15.9. The summed E-state index contributed by atoms with van der Waals surface area (Å²) < 4.78 is 4.94. The minimum atomic E-state index is -0.290. The smallest absolute Gasteiger partial charge is 0.258 e. The second-order valence-corrected chi connectivity index (χ2v) is 7.00. The van der Waals surface area contributed by atoms with E-state index in [1.807, 2.05) is 6.07 Å². The van der Waals surface area contributed by atoms with Gasteiger partial charge in [0.2, 0.25) is 5.95 Å². The Morgan fingerprint density at radius 3 is 2.63 bits per heavy atom. The van der Waals surface area contributed by atoms with Crippen molar-refractivity contribution in [3.63, 3.8) is 0 Å². The number of aromatic amines is 1. The van der Waals surface area contributed by atoms with Gasteiger partial charge in [-0.1, -0.05) is 23.7 Å². The van der Waals surface area contributed by atoms with Crippen molar-refractivity contribution in [2.45, 2.75) is 6.92 Å². The molecule has 4 rings (SSSR count). The molecule has 0 spiro atoms. The minimum Gasteiger partial charge on any atom is -0.472 e. The van der Waals surface area contributed by atoms with Crippen LogP contribution in [0.2, 0.25) is 5.02 Å². The molecule has 0 saturated heterocycles. The van der Waals surface area contributed by atoms with E-state index in [4.69, 9.17) is 16.0 Å². The Balaban J connectivity index is 1.64. The summed E-state index contributed by atoms with van der Waals surface area (Å²) in [4.78, 5) is 32.0. The minimum absolute atomic E-state index is 0.260. The van der Waals surface area contributed by atoms with Crippen LogP contribution in [0, 0.1) is 6.92 Å². The Labute approximate surface area is 176 Å².